The fourth-order valence-electron chi connectivity index (χ4n) is 1.34. The van der Waals surface area contributed by atoms with Gasteiger partial charge in [0.05, 0.1) is 12.2 Å². The summed E-state index contributed by atoms with van der Waals surface area (Å²) in [4.78, 5) is 0. The van der Waals surface area contributed by atoms with Gasteiger partial charge in [-0.1, -0.05) is 6.08 Å². The zero-order valence-electron chi connectivity index (χ0n) is 4.76. The van der Waals surface area contributed by atoms with Gasteiger partial charge in [0, 0.05) is 0 Å². The molecular formula is C7H9O. The first-order chi connectivity index (χ1) is 3.95. The lowest BCUT2D eigenvalue weighted by atomic mass is 10.2. The number of ether oxygens (including phenoxy) is 1. The average molecular weight is 109 g/mol. The third-order valence-electron chi connectivity index (χ3n) is 1.79. The van der Waals surface area contributed by atoms with E-state index in [9.17, 15) is 0 Å². The molecule has 0 amide bonds. The van der Waals surface area contributed by atoms with E-state index in [2.05, 4.69) is 12.2 Å². The highest BCUT2D eigenvalue weighted by molar-refractivity contribution is 4.95. The van der Waals surface area contributed by atoms with Crippen molar-refractivity contribution < 1.29 is 4.74 Å². The Hall–Kier alpha value is -0.300. The molecule has 1 nitrogen and oxygen atoms in total. The smallest absolute Gasteiger partial charge is 0.0766 e. The van der Waals surface area contributed by atoms with Crippen LogP contribution in [0.5, 0.6) is 0 Å². The molecule has 2 rings (SSSR count). The van der Waals surface area contributed by atoms with E-state index in [-0.39, 0.29) is 0 Å². The van der Waals surface area contributed by atoms with Crippen LogP contribution in [0.4, 0.5) is 0 Å². The van der Waals surface area contributed by atoms with Gasteiger partial charge < -0.3 is 4.74 Å². The minimum Gasteiger partial charge on any atom is -0.371 e. The van der Waals surface area contributed by atoms with Crippen LogP contribution in [-0.4, -0.2) is 12.2 Å². The molecule has 0 saturated carbocycles. The maximum atomic E-state index is 5.48. The van der Waals surface area contributed by atoms with Gasteiger partial charge in [-0.25, -0.2) is 0 Å². The summed E-state index contributed by atoms with van der Waals surface area (Å²) < 4.78 is 5.48. The number of rotatable bonds is 0. The molecule has 1 saturated heterocycles. The average Bonchev–Trinajstić information content (AvgIpc) is 2.12. The van der Waals surface area contributed by atoms with Crippen molar-refractivity contribution in [3.05, 3.63) is 12.2 Å². The van der Waals surface area contributed by atoms with E-state index in [0.717, 1.165) is 6.42 Å². The summed E-state index contributed by atoms with van der Waals surface area (Å²) in [5.74, 6) is 0. The van der Waals surface area contributed by atoms with E-state index in [1.807, 2.05) is 0 Å². The molecule has 0 aromatic rings. The van der Waals surface area contributed by atoms with Gasteiger partial charge in [0.2, 0.25) is 0 Å². The van der Waals surface area contributed by atoms with Crippen LogP contribution in [0.3, 0.4) is 0 Å². The zero-order chi connectivity index (χ0) is 5.40. The molecule has 43 valence electrons. The second-order valence-electron chi connectivity index (χ2n) is 2.45. The molecule has 0 spiro atoms. The van der Waals surface area contributed by atoms with Crippen molar-refractivity contribution in [1.29, 1.82) is 0 Å². The lowest BCUT2D eigenvalue weighted by Gasteiger charge is -2.12. The van der Waals surface area contributed by atoms with Gasteiger partial charge in [-0.15, -0.1) is 0 Å². The van der Waals surface area contributed by atoms with Gasteiger partial charge in [0.25, 0.3) is 0 Å². The molecule has 0 N–H and O–H groups in total. The van der Waals surface area contributed by atoms with E-state index < -0.39 is 0 Å². The topological polar surface area (TPSA) is 9.23 Å². The maximum absolute atomic E-state index is 5.48. The first-order valence-electron chi connectivity index (χ1n) is 3.17. The molecule has 1 radical (unpaired) electrons. The second-order valence-corrected chi connectivity index (χ2v) is 2.45. The van der Waals surface area contributed by atoms with Crippen molar-refractivity contribution in [2.24, 2.45) is 0 Å². The maximum Gasteiger partial charge on any atom is 0.0766 e. The third kappa shape index (κ3) is 0.583. The van der Waals surface area contributed by atoms with Gasteiger partial charge in [0.15, 0.2) is 0 Å². The fourth-order valence-corrected chi connectivity index (χ4v) is 1.34. The predicted molar refractivity (Wildman–Crippen MR) is 30.3 cm³/mol. The standard InChI is InChI=1S/C7H9O/c1-2-6-4-5-7(3-1)8-6/h2,6-7H,3-5H2. The van der Waals surface area contributed by atoms with Crippen molar-refractivity contribution in [2.75, 3.05) is 0 Å². The Morgan fingerprint density at radius 1 is 1.50 bits per heavy atom. The highest BCUT2D eigenvalue weighted by Crippen LogP contribution is 2.26. The highest BCUT2D eigenvalue weighted by atomic mass is 16.5. The van der Waals surface area contributed by atoms with Gasteiger partial charge in [-0.2, -0.15) is 0 Å². The first kappa shape index (κ1) is 4.57. The molecular weight excluding hydrogens is 100 g/mol. The van der Waals surface area contributed by atoms with Crippen molar-refractivity contribution >= 4 is 0 Å². The summed E-state index contributed by atoms with van der Waals surface area (Å²) >= 11 is 0. The van der Waals surface area contributed by atoms with Crippen LogP contribution >= 0.6 is 0 Å². The van der Waals surface area contributed by atoms with E-state index in [1.165, 1.54) is 12.8 Å². The molecule has 2 bridgehead atoms. The van der Waals surface area contributed by atoms with Crippen molar-refractivity contribution in [3.63, 3.8) is 0 Å². The van der Waals surface area contributed by atoms with Crippen LogP contribution in [-0.2, 0) is 4.74 Å². The third-order valence-corrected chi connectivity index (χ3v) is 1.79. The van der Waals surface area contributed by atoms with Gasteiger partial charge in [0.1, 0.15) is 0 Å². The largest absolute Gasteiger partial charge is 0.371 e. The fraction of sp³-hybridized carbons (Fsp3) is 0.714. The Balaban J connectivity index is 2.17. The second kappa shape index (κ2) is 1.59. The Kier molecular flexibility index (Phi) is 0.908. The van der Waals surface area contributed by atoms with Crippen LogP contribution in [0, 0.1) is 6.08 Å². The Labute approximate surface area is 49.3 Å². The van der Waals surface area contributed by atoms with E-state index in [1.54, 1.807) is 0 Å². The summed E-state index contributed by atoms with van der Waals surface area (Å²) in [6.45, 7) is 0. The van der Waals surface area contributed by atoms with Crippen LogP contribution in [0.2, 0.25) is 0 Å². The van der Waals surface area contributed by atoms with Crippen molar-refractivity contribution in [3.8, 4) is 0 Å². The molecule has 2 atom stereocenters. The van der Waals surface area contributed by atoms with Crippen LogP contribution in [0.1, 0.15) is 19.3 Å². The van der Waals surface area contributed by atoms with Crippen LogP contribution in [0.25, 0.3) is 0 Å². The zero-order valence-corrected chi connectivity index (χ0v) is 4.76. The highest BCUT2D eigenvalue weighted by Gasteiger charge is 2.25. The minimum absolute atomic E-state index is 0.425. The number of fused-ring (bicyclic) bond motifs is 2. The number of hydrogen-bond donors (Lipinski definition) is 0. The van der Waals surface area contributed by atoms with E-state index >= 15 is 0 Å². The molecule has 1 fully saturated rings. The molecule has 2 aliphatic rings. The molecule has 1 heteroatoms. The first-order valence-corrected chi connectivity index (χ1v) is 3.17. The van der Waals surface area contributed by atoms with Crippen LogP contribution < -0.4 is 0 Å². The van der Waals surface area contributed by atoms with Gasteiger partial charge in [-0.05, 0) is 25.3 Å². The van der Waals surface area contributed by atoms with Crippen molar-refractivity contribution in [2.45, 2.75) is 31.5 Å². The summed E-state index contributed by atoms with van der Waals surface area (Å²) in [6, 6.07) is 0. The summed E-state index contributed by atoms with van der Waals surface area (Å²) in [5.41, 5.74) is 0. The van der Waals surface area contributed by atoms with Crippen molar-refractivity contribution in [1.82, 2.24) is 0 Å². The molecule has 0 aromatic heterocycles. The minimum atomic E-state index is 0.425. The predicted octanol–water partition coefficient (Wildman–Crippen LogP) is 1.30. The Morgan fingerprint density at radius 3 is 3.25 bits per heavy atom. The van der Waals surface area contributed by atoms with Gasteiger partial charge >= 0.3 is 0 Å². The summed E-state index contributed by atoms with van der Waals surface area (Å²) in [5, 5.41) is 0. The molecule has 2 heterocycles. The Morgan fingerprint density at radius 2 is 2.50 bits per heavy atom. The molecule has 0 aromatic carbocycles. The SMILES string of the molecule is [C]1=CC2CCC(C1)O2. The van der Waals surface area contributed by atoms with E-state index in [0.29, 0.717) is 12.2 Å². The molecule has 2 unspecified atom stereocenters. The molecule has 0 aliphatic carbocycles. The summed E-state index contributed by atoms with van der Waals surface area (Å²) in [6.07, 6.45) is 9.69. The monoisotopic (exact) mass is 109 g/mol. The summed E-state index contributed by atoms with van der Waals surface area (Å²) in [7, 11) is 0. The number of hydrogen-bond acceptors (Lipinski definition) is 1. The lowest BCUT2D eigenvalue weighted by molar-refractivity contribution is 0.0621. The molecule has 2 aliphatic heterocycles. The van der Waals surface area contributed by atoms with E-state index in [4.69, 9.17) is 4.74 Å². The van der Waals surface area contributed by atoms with Crippen LogP contribution in [0.15, 0.2) is 6.08 Å². The Bertz CT molecular complexity index is 118. The van der Waals surface area contributed by atoms with Gasteiger partial charge in [-0.3, -0.25) is 0 Å². The molecule has 8 heavy (non-hydrogen) atoms. The lowest BCUT2D eigenvalue weighted by Crippen LogP contribution is -2.12. The normalized spacial score (nSPS) is 43.0. The quantitative estimate of drug-likeness (QED) is 0.455.